The number of nitrogens with one attached hydrogen (secondary N) is 1. The Morgan fingerprint density at radius 2 is 1.93 bits per heavy atom. The van der Waals surface area contributed by atoms with Gasteiger partial charge in [-0.3, -0.25) is 4.98 Å². The van der Waals surface area contributed by atoms with E-state index in [2.05, 4.69) is 10.3 Å². The summed E-state index contributed by atoms with van der Waals surface area (Å²) >= 11 is 0. The Morgan fingerprint density at radius 1 is 1.11 bits per heavy atom. The van der Waals surface area contributed by atoms with E-state index in [0.717, 1.165) is 33.7 Å². The number of esters is 1. The van der Waals surface area contributed by atoms with Crippen LogP contribution in [0.3, 0.4) is 0 Å². The number of pyridine rings is 1. The first-order chi connectivity index (χ1) is 13.1. The van der Waals surface area contributed by atoms with E-state index in [-0.39, 0.29) is 5.97 Å². The van der Waals surface area contributed by atoms with Gasteiger partial charge in [-0.2, -0.15) is 0 Å². The van der Waals surface area contributed by atoms with Crippen LogP contribution < -0.4 is 14.8 Å². The highest BCUT2D eigenvalue weighted by atomic mass is 16.6. The van der Waals surface area contributed by atoms with Crippen molar-refractivity contribution >= 4 is 28.2 Å². The minimum Gasteiger partial charge on any atom is -0.486 e. The SMILES string of the molecule is CCOC(=O)c1ccc2nc(C)cc(Nc3ccc4c(c3)OCCO4)c2c1. The number of carbonyl (C=O) groups excluding carboxylic acids is 1. The van der Waals surface area contributed by atoms with E-state index in [0.29, 0.717) is 31.1 Å². The molecule has 0 bridgehead atoms. The quantitative estimate of drug-likeness (QED) is 0.699. The van der Waals surface area contributed by atoms with Gasteiger partial charge in [-0.1, -0.05) is 0 Å². The molecule has 2 heterocycles. The van der Waals surface area contributed by atoms with E-state index in [1.54, 1.807) is 19.1 Å². The van der Waals surface area contributed by atoms with Gasteiger partial charge in [0.2, 0.25) is 0 Å². The molecule has 0 radical (unpaired) electrons. The van der Waals surface area contributed by atoms with Crippen LogP contribution in [0.5, 0.6) is 11.5 Å². The van der Waals surface area contributed by atoms with E-state index in [1.165, 1.54) is 0 Å². The van der Waals surface area contributed by atoms with Gasteiger partial charge in [-0.25, -0.2) is 4.79 Å². The molecule has 0 spiro atoms. The van der Waals surface area contributed by atoms with Crippen molar-refractivity contribution in [1.29, 1.82) is 0 Å². The molecule has 0 fully saturated rings. The van der Waals surface area contributed by atoms with Crippen molar-refractivity contribution in [3.8, 4) is 11.5 Å². The Labute approximate surface area is 157 Å². The molecule has 0 unspecified atom stereocenters. The summed E-state index contributed by atoms with van der Waals surface area (Å²) in [4.78, 5) is 16.6. The van der Waals surface area contributed by atoms with Crippen LogP contribution in [0.25, 0.3) is 10.9 Å². The summed E-state index contributed by atoms with van der Waals surface area (Å²) in [5.74, 6) is 1.12. The molecule has 6 nitrogen and oxygen atoms in total. The fraction of sp³-hybridized carbons (Fsp3) is 0.238. The average Bonchev–Trinajstić information content (AvgIpc) is 2.67. The van der Waals surface area contributed by atoms with Crippen molar-refractivity contribution in [1.82, 2.24) is 4.98 Å². The first-order valence-corrected chi connectivity index (χ1v) is 8.89. The van der Waals surface area contributed by atoms with Gasteiger partial charge in [0.1, 0.15) is 13.2 Å². The van der Waals surface area contributed by atoms with Crippen LogP contribution in [0.4, 0.5) is 11.4 Å². The van der Waals surface area contributed by atoms with E-state index < -0.39 is 0 Å². The van der Waals surface area contributed by atoms with Gasteiger partial charge in [0.15, 0.2) is 11.5 Å². The molecule has 0 amide bonds. The van der Waals surface area contributed by atoms with Crippen molar-refractivity contribution in [2.24, 2.45) is 0 Å². The highest BCUT2D eigenvalue weighted by Gasteiger charge is 2.14. The van der Waals surface area contributed by atoms with Gasteiger partial charge in [-0.05, 0) is 50.2 Å². The molecule has 0 saturated heterocycles. The van der Waals surface area contributed by atoms with E-state index >= 15 is 0 Å². The zero-order chi connectivity index (χ0) is 18.8. The normalized spacial score (nSPS) is 12.7. The van der Waals surface area contributed by atoms with Crippen LogP contribution >= 0.6 is 0 Å². The molecule has 3 aromatic rings. The maximum atomic E-state index is 12.1. The molecule has 0 saturated carbocycles. The fourth-order valence-corrected chi connectivity index (χ4v) is 3.08. The number of fused-ring (bicyclic) bond motifs is 2. The Morgan fingerprint density at radius 3 is 2.74 bits per heavy atom. The van der Waals surface area contributed by atoms with Gasteiger partial charge in [-0.15, -0.1) is 0 Å². The number of hydrogen-bond donors (Lipinski definition) is 1. The smallest absolute Gasteiger partial charge is 0.338 e. The van der Waals surface area contributed by atoms with Crippen molar-refractivity contribution in [2.75, 3.05) is 25.1 Å². The Hall–Kier alpha value is -3.28. The minimum atomic E-state index is -0.342. The van der Waals surface area contributed by atoms with Gasteiger partial charge >= 0.3 is 5.97 Å². The summed E-state index contributed by atoms with van der Waals surface area (Å²) in [6.07, 6.45) is 0. The number of benzene rings is 2. The summed E-state index contributed by atoms with van der Waals surface area (Å²) in [6.45, 7) is 5.17. The number of aryl methyl sites for hydroxylation is 1. The average molecular weight is 364 g/mol. The van der Waals surface area contributed by atoms with Crippen LogP contribution in [0.2, 0.25) is 0 Å². The highest BCUT2D eigenvalue weighted by Crippen LogP contribution is 2.35. The number of carbonyl (C=O) groups is 1. The molecule has 27 heavy (non-hydrogen) atoms. The Bertz CT molecular complexity index is 1020. The van der Waals surface area contributed by atoms with E-state index in [1.807, 2.05) is 37.3 Å². The molecule has 6 heteroatoms. The predicted octanol–water partition coefficient (Wildman–Crippen LogP) is 4.23. The molecule has 1 aliphatic rings. The summed E-state index contributed by atoms with van der Waals surface area (Å²) in [5.41, 5.74) is 3.92. The van der Waals surface area contributed by atoms with Crippen molar-refractivity contribution in [3.63, 3.8) is 0 Å². The lowest BCUT2D eigenvalue weighted by Crippen LogP contribution is -2.15. The Kier molecular flexibility index (Phi) is 4.54. The monoisotopic (exact) mass is 364 g/mol. The molecule has 0 aliphatic carbocycles. The molecule has 1 aromatic heterocycles. The predicted molar refractivity (Wildman–Crippen MR) is 103 cm³/mol. The van der Waals surface area contributed by atoms with E-state index in [4.69, 9.17) is 14.2 Å². The Balaban J connectivity index is 1.73. The topological polar surface area (TPSA) is 69.7 Å². The number of aromatic nitrogens is 1. The number of hydrogen-bond acceptors (Lipinski definition) is 6. The van der Waals surface area contributed by atoms with Crippen molar-refractivity contribution < 1.29 is 19.0 Å². The number of nitrogens with zero attached hydrogens (tertiary/aromatic N) is 1. The van der Waals surface area contributed by atoms with Gasteiger partial charge in [0.05, 0.1) is 17.7 Å². The number of ether oxygens (including phenoxy) is 3. The number of rotatable bonds is 4. The second-order valence-electron chi connectivity index (χ2n) is 6.25. The third-order valence-corrected chi connectivity index (χ3v) is 4.27. The summed E-state index contributed by atoms with van der Waals surface area (Å²) < 4.78 is 16.3. The molecule has 2 aromatic carbocycles. The summed E-state index contributed by atoms with van der Waals surface area (Å²) in [6, 6.07) is 13.1. The largest absolute Gasteiger partial charge is 0.486 e. The van der Waals surface area contributed by atoms with Crippen LogP contribution in [0.15, 0.2) is 42.5 Å². The second-order valence-corrected chi connectivity index (χ2v) is 6.25. The standard InChI is InChI=1S/C21H20N2O4/c1-3-25-21(24)14-4-6-17-16(11-14)18(10-13(2)22-17)23-15-5-7-19-20(12-15)27-9-8-26-19/h4-7,10-12H,3,8-9H2,1-2H3,(H,22,23). The lowest BCUT2D eigenvalue weighted by Gasteiger charge is -2.19. The van der Waals surface area contributed by atoms with E-state index in [9.17, 15) is 4.79 Å². The van der Waals surface area contributed by atoms with Crippen molar-refractivity contribution in [2.45, 2.75) is 13.8 Å². The molecule has 0 atom stereocenters. The molecular weight excluding hydrogens is 344 g/mol. The minimum absolute atomic E-state index is 0.339. The molecule has 138 valence electrons. The van der Waals surface area contributed by atoms with Gasteiger partial charge in [0, 0.05) is 28.5 Å². The molecular formula is C21H20N2O4. The second kappa shape index (κ2) is 7.15. The zero-order valence-electron chi connectivity index (χ0n) is 15.2. The molecule has 1 aliphatic heterocycles. The molecule has 4 rings (SSSR count). The maximum Gasteiger partial charge on any atom is 0.338 e. The first-order valence-electron chi connectivity index (χ1n) is 8.89. The highest BCUT2D eigenvalue weighted by molar-refractivity contribution is 5.99. The summed E-state index contributed by atoms with van der Waals surface area (Å²) in [5, 5.41) is 4.26. The van der Waals surface area contributed by atoms with Crippen LogP contribution in [-0.4, -0.2) is 30.8 Å². The number of anilines is 2. The van der Waals surface area contributed by atoms with Crippen LogP contribution in [-0.2, 0) is 4.74 Å². The third kappa shape index (κ3) is 3.51. The van der Waals surface area contributed by atoms with Crippen LogP contribution in [0, 0.1) is 6.92 Å². The lowest BCUT2D eigenvalue weighted by atomic mass is 10.1. The summed E-state index contributed by atoms with van der Waals surface area (Å²) in [7, 11) is 0. The van der Waals surface area contributed by atoms with Gasteiger partial charge in [0.25, 0.3) is 0 Å². The third-order valence-electron chi connectivity index (χ3n) is 4.27. The maximum absolute atomic E-state index is 12.1. The zero-order valence-corrected chi connectivity index (χ0v) is 15.2. The van der Waals surface area contributed by atoms with Crippen LogP contribution in [0.1, 0.15) is 23.0 Å². The first kappa shape index (κ1) is 17.1. The molecule has 1 N–H and O–H groups in total. The van der Waals surface area contributed by atoms with Gasteiger partial charge < -0.3 is 19.5 Å². The fourth-order valence-electron chi connectivity index (χ4n) is 3.08. The lowest BCUT2D eigenvalue weighted by molar-refractivity contribution is 0.0526. The van der Waals surface area contributed by atoms with Crippen molar-refractivity contribution in [3.05, 3.63) is 53.7 Å².